The summed E-state index contributed by atoms with van der Waals surface area (Å²) < 4.78 is 7.97. The van der Waals surface area contributed by atoms with E-state index < -0.39 is 0 Å². The number of aromatic nitrogens is 4. The van der Waals surface area contributed by atoms with Gasteiger partial charge in [-0.25, -0.2) is 14.5 Å². The van der Waals surface area contributed by atoms with Gasteiger partial charge in [-0.05, 0) is 55.3 Å². The summed E-state index contributed by atoms with van der Waals surface area (Å²) in [6.45, 7) is 2.18. The van der Waals surface area contributed by atoms with Crippen LogP contribution in [0.2, 0.25) is 0 Å². The fourth-order valence-corrected chi connectivity index (χ4v) is 5.31. The van der Waals surface area contributed by atoms with Crippen molar-refractivity contribution in [2.24, 2.45) is 0 Å². The monoisotopic (exact) mass is 509 g/mol. The van der Waals surface area contributed by atoms with Crippen LogP contribution in [0, 0.1) is 0 Å². The average molecular weight is 510 g/mol. The number of likely N-dealkylation sites (tertiary alicyclic amines) is 1. The number of hydrogen-bond donors (Lipinski definition) is 1. The Morgan fingerprint density at radius 2 is 1.89 bits per heavy atom. The minimum Gasteiger partial charge on any atom is -0.440 e. The van der Waals surface area contributed by atoms with Crippen LogP contribution in [0.5, 0.6) is 0 Å². The summed E-state index contributed by atoms with van der Waals surface area (Å²) in [5.41, 5.74) is 13.0. The number of anilines is 1. The molecule has 0 saturated carbocycles. The number of oxazole rings is 1. The summed E-state index contributed by atoms with van der Waals surface area (Å²) in [7, 11) is 3.60. The zero-order valence-electron chi connectivity index (χ0n) is 21.7. The summed E-state index contributed by atoms with van der Waals surface area (Å²) >= 11 is 0. The highest BCUT2D eigenvalue weighted by atomic mass is 16.3. The van der Waals surface area contributed by atoms with Crippen molar-refractivity contribution in [2.45, 2.75) is 25.2 Å². The van der Waals surface area contributed by atoms with Gasteiger partial charge in [0.2, 0.25) is 5.91 Å². The zero-order chi connectivity index (χ0) is 26.2. The maximum absolute atomic E-state index is 12.2. The molecule has 38 heavy (non-hydrogen) atoms. The summed E-state index contributed by atoms with van der Waals surface area (Å²) in [4.78, 5) is 25.1. The number of nitrogens with two attached hydrogens (primary N) is 1. The summed E-state index contributed by atoms with van der Waals surface area (Å²) in [5.74, 6) is 1.58. The van der Waals surface area contributed by atoms with E-state index in [4.69, 9.17) is 15.1 Å². The molecule has 0 unspecified atom stereocenters. The van der Waals surface area contributed by atoms with E-state index in [-0.39, 0.29) is 5.91 Å². The molecular weight excluding hydrogens is 478 g/mol. The molecule has 3 aromatic heterocycles. The van der Waals surface area contributed by atoms with Crippen LogP contribution in [0.4, 0.5) is 5.82 Å². The van der Waals surface area contributed by atoms with Gasteiger partial charge in [-0.15, -0.1) is 0 Å². The van der Waals surface area contributed by atoms with Crippen LogP contribution in [0.25, 0.3) is 27.7 Å². The third-order valence-electron chi connectivity index (χ3n) is 7.41. The fraction of sp³-hybridized carbons (Fsp3) is 0.310. The summed E-state index contributed by atoms with van der Waals surface area (Å²) in [6, 6.07) is 18.4. The molecule has 6 rings (SSSR count). The molecule has 2 aromatic carbocycles. The number of carbonyl (C=O) groups excluding carboxylic acids is 1. The molecule has 2 N–H and O–H groups in total. The normalized spacial score (nSPS) is 14.9. The van der Waals surface area contributed by atoms with E-state index in [1.54, 1.807) is 19.0 Å². The average Bonchev–Trinajstić information content (AvgIpc) is 3.51. The van der Waals surface area contributed by atoms with Gasteiger partial charge in [-0.1, -0.05) is 36.4 Å². The van der Waals surface area contributed by atoms with Gasteiger partial charge in [0, 0.05) is 37.7 Å². The molecule has 1 aliphatic rings. The lowest BCUT2D eigenvalue weighted by Gasteiger charge is -2.31. The van der Waals surface area contributed by atoms with Crippen LogP contribution < -0.4 is 5.73 Å². The number of piperidine rings is 1. The first-order valence-electron chi connectivity index (χ1n) is 12.9. The predicted molar refractivity (Wildman–Crippen MR) is 147 cm³/mol. The Labute approximate surface area is 220 Å². The number of nitrogens with zero attached hydrogens (tertiary/aromatic N) is 6. The van der Waals surface area contributed by atoms with Crippen molar-refractivity contribution < 1.29 is 9.21 Å². The SMILES string of the molecule is CN(C)C(=O)CN1CCC(c2cc(-c3ccc4oc(Cc5ccccc5)nc4c3)c3c(N)ncnn23)CC1. The molecule has 4 heterocycles. The number of likely N-dealkylation sites (N-methyl/N-ethyl adjacent to an activating group) is 1. The van der Waals surface area contributed by atoms with Gasteiger partial charge >= 0.3 is 0 Å². The topological polar surface area (TPSA) is 106 Å². The summed E-state index contributed by atoms with van der Waals surface area (Å²) in [5, 5.41) is 4.58. The van der Waals surface area contributed by atoms with Crippen LogP contribution in [-0.4, -0.2) is 69.0 Å². The number of carbonyl (C=O) groups is 1. The van der Waals surface area contributed by atoms with E-state index in [1.807, 2.05) is 40.9 Å². The fourth-order valence-electron chi connectivity index (χ4n) is 5.31. The Morgan fingerprint density at radius 3 is 2.66 bits per heavy atom. The highest BCUT2D eigenvalue weighted by Gasteiger charge is 2.27. The molecule has 0 radical (unpaired) electrons. The first-order valence-corrected chi connectivity index (χ1v) is 12.9. The Morgan fingerprint density at radius 1 is 1.11 bits per heavy atom. The number of hydrogen-bond acceptors (Lipinski definition) is 7. The molecule has 9 heteroatoms. The lowest BCUT2D eigenvalue weighted by atomic mass is 9.93. The van der Waals surface area contributed by atoms with Crippen molar-refractivity contribution >= 4 is 28.3 Å². The maximum Gasteiger partial charge on any atom is 0.236 e. The van der Waals surface area contributed by atoms with Crippen molar-refractivity contribution in [3.8, 4) is 11.1 Å². The third kappa shape index (κ3) is 4.61. The van der Waals surface area contributed by atoms with E-state index in [0.717, 1.165) is 64.9 Å². The van der Waals surface area contributed by atoms with Crippen LogP contribution in [0.15, 0.2) is 65.3 Å². The molecule has 1 amide bonds. The number of amides is 1. The van der Waals surface area contributed by atoms with Gasteiger partial charge in [0.1, 0.15) is 17.4 Å². The second-order valence-corrected chi connectivity index (χ2v) is 10.2. The molecular formula is C29H31N7O2. The number of rotatable bonds is 6. The molecule has 0 atom stereocenters. The van der Waals surface area contributed by atoms with Crippen molar-refractivity contribution in [3.05, 3.63) is 78.1 Å². The second-order valence-electron chi connectivity index (χ2n) is 10.2. The van der Waals surface area contributed by atoms with Gasteiger partial charge < -0.3 is 15.1 Å². The highest BCUT2D eigenvalue weighted by molar-refractivity contribution is 5.91. The molecule has 9 nitrogen and oxygen atoms in total. The zero-order valence-corrected chi connectivity index (χ0v) is 21.7. The third-order valence-corrected chi connectivity index (χ3v) is 7.41. The summed E-state index contributed by atoms with van der Waals surface area (Å²) in [6.07, 6.45) is 4.05. The first kappa shape index (κ1) is 24.1. The van der Waals surface area contributed by atoms with Gasteiger partial charge in [0.25, 0.3) is 0 Å². The molecule has 1 fully saturated rings. The maximum atomic E-state index is 12.2. The quantitative estimate of drug-likeness (QED) is 0.369. The molecule has 5 aromatic rings. The standard InChI is InChI=1S/C29H31N7O2/c1-34(2)27(37)17-35-12-10-20(11-13-35)24-16-22(28-29(30)31-18-32-36(24)28)21-8-9-25-23(15-21)33-26(38-25)14-19-6-4-3-5-7-19/h3-9,15-16,18,20H,10-14,17H2,1-2H3,(H2,30,31,32). The van der Waals surface area contributed by atoms with Crippen molar-refractivity contribution in [2.75, 3.05) is 39.5 Å². The Kier molecular flexibility index (Phi) is 6.29. The molecule has 1 aliphatic heterocycles. The van der Waals surface area contributed by atoms with E-state index in [2.05, 4.69) is 33.2 Å². The van der Waals surface area contributed by atoms with E-state index >= 15 is 0 Å². The second kappa shape index (κ2) is 9.90. The number of nitrogen functional groups attached to an aromatic ring is 1. The predicted octanol–water partition coefficient (Wildman–Crippen LogP) is 3.98. The van der Waals surface area contributed by atoms with Gasteiger partial charge in [-0.2, -0.15) is 5.10 Å². The van der Waals surface area contributed by atoms with E-state index in [0.29, 0.717) is 30.6 Å². The van der Waals surface area contributed by atoms with E-state index in [9.17, 15) is 4.79 Å². The van der Waals surface area contributed by atoms with Crippen LogP contribution in [0.3, 0.4) is 0 Å². The van der Waals surface area contributed by atoms with Crippen molar-refractivity contribution in [1.29, 1.82) is 0 Å². The van der Waals surface area contributed by atoms with Crippen LogP contribution in [-0.2, 0) is 11.2 Å². The van der Waals surface area contributed by atoms with Crippen LogP contribution >= 0.6 is 0 Å². The molecule has 194 valence electrons. The van der Waals surface area contributed by atoms with Gasteiger partial charge in [0.05, 0.1) is 6.54 Å². The highest BCUT2D eigenvalue weighted by Crippen LogP contribution is 2.37. The number of fused-ring (bicyclic) bond motifs is 2. The molecule has 0 spiro atoms. The molecule has 1 saturated heterocycles. The molecule has 0 bridgehead atoms. The minimum atomic E-state index is 0.134. The largest absolute Gasteiger partial charge is 0.440 e. The van der Waals surface area contributed by atoms with Crippen LogP contribution in [0.1, 0.15) is 35.9 Å². The van der Waals surface area contributed by atoms with Gasteiger partial charge in [0.15, 0.2) is 17.3 Å². The van der Waals surface area contributed by atoms with Crippen molar-refractivity contribution in [3.63, 3.8) is 0 Å². The van der Waals surface area contributed by atoms with Gasteiger partial charge in [-0.3, -0.25) is 9.69 Å². The Hall–Kier alpha value is -4.24. The number of benzene rings is 2. The first-order chi connectivity index (χ1) is 18.5. The molecule has 0 aliphatic carbocycles. The van der Waals surface area contributed by atoms with Crippen molar-refractivity contribution in [1.82, 2.24) is 29.4 Å². The minimum absolute atomic E-state index is 0.134. The lowest BCUT2D eigenvalue weighted by Crippen LogP contribution is -2.40. The lowest BCUT2D eigenvalue weighted by molar-refractivity contribution is -0.130. The van der Waals surface area contributed by atoms with E-state index in [1.165, 1.54) is 6.33 Å². The Bertz CT molecular complexity index is 1600. The Balaban J connectivity index is 1.30. The smallest absolute Gasteiger partial charge is 0.236 e.